The second kappa shape index (κ2) is 18.9. The standard InChI is InChI=1S/C24H49NO5/c1-5-24(4,25-23(28)30-20-22(27)19-26)16-14-18-29-17-13-11-9-7-6-8-10-12-15-21(2)3/h21-22,26-27H,5-20H2,1-4H3,(H,25,28). The molecule has 0 aliphatic carbocycles. The van der Waals surface area contributed by atoms with Gasteiger partial charge in [0, 0.05) is 18.8 Å². The van der Waals surface area contributed by atoms with E-state index in [2.05, 4.69) is 19.2 Å². The van der Waals surface area contributed by atoms with Crippen LogP contribution >= 0.6 is 0 Å². The molecular formula is C24H49NO5. The Balaban J connectivity index is 3.59. The van der Waals surface area contributed by atoms with Gasteiger partial charge in [0.2, 0.25) is 0 Å². The molecule has 2 unspecified atom stereocenters. The highest BCUT2D eigenvalue weighted by atomic mass is 16.6. The molecule has 0 aliphatic heterocycles. The molecule has 6 nitrogen and oxygen atoms in total. The zero-order valence-corrected chi connectivity index (χ0v) is 20.1. The molecule has 0 aliphatic rings. The molecule has 0 aromatic rings. The third kappa shape index (κ3) is 18.0. The number of amides is 1. The van der Waals surface area contributed by atoms with Crippen molar-refractivity contribution in [2.45, 2.75) is 116 Å². The Morgan fingerprint density at radius 2 is 1.53 bits per heavy atom. The van der Waals surface area contributed by atoms with Crippen LogP contribution in [0.25, 0.3) is 0 Å². The lowest BCUT2D eigenvalue weighted by molar-refractivity contribution is 0.0291. The van der Waals surface area contributed by atoms with Crippen LogP contribution in [0.5, 0.6) is 0 Å². The van der Waals surface area contributed by atoms with Crippen molar-refractivity contribution in [2.24, 2.45) is 5.92 Å². The van der Waals surface area contributed by atoms with Gasteiger partial charge in [-0.2, -0.15) is 0 Å². The van der Waals surface area contributed by atoms with Crippen LogP contribution in [0.4, 0.5) is 4.79 Å². The van der Waals surface area contributed by atoms with Crippen LogP contribution < -0.4 is 5.32 Å². The van der Waals surface area contributed by atoms with E-state index >= 15 is 0 Å². The first-order valence-corrected chi connectivity index (χ1v) is 12.1. The molecule has 0 fully saturated rings. The van der Waals surface area contributed by atoms with Crippen molar-refractivity contribution in [3.05, 3.63) is 0 Å². The third-order valence-corrected chi connectivity index (χ3v) is 5.64. The molecule has 0 saturated heterocycles. The van der Waals surface area contributed by atoms with E-state index in [4.69, 9.17) is 14.6 Å². The second-order valence-corrected chi connectivity index (χ2v) is 9.20. The summed E-state index contributed by atoms with van der Waals surface area (Å²) in [5, 5.41) is 20.9. The number of alkyl carbamates (subject to hydrolysis) is 1. The van der Waals surface area contributed by atoms with Gasteiger partial charge >= 0.3 is 6.09 Å². The van der Waals surface area contributed by atoms with Crippen LogP contribution in [0.1, 0.15) is 105 Å². The Labute approximate surface area is 185 Å². The predicted molar refractivity (Wildman–Crippen MR) is 123 cm³/mol. The molecule has 30 heavy (non-hydrogen) atoms. The average molecular weight is 432 g/mol. The summed E-state index contributed by atoms with van der Waals surface area (Å²) in [5.41, 5.74) is -0.361. The van der Waals surface area contributed by atoms with Crippen LogP contribution in [-0.4, -0.2) is 54.4 Å². The molecular weight excluding hydrogens is 382 g/mol. The van der Waals surface area contributed by atoms with Gasteiger partial charge in [-0.3, -0.25) is 0 Å². The Morgan fingerprint density at radius 1 is 0.967 bits per heavy atom. The van der Waals surface area contributed by atoms with E-state index in [1.165, 1.54) is 51.4 Å². The van der Waals surface area contributed by atoms with Crippen LogP contribution in [0.3, 0.4) is 0 Å². The predicted octanol–water partition coefficient (Wildman–Crippen LogP) is 5.20. The van der Waals surface area contributed by atoms with Gasteiger partial charge in [0.05, 0.1) is 6.61 Å². The van der Waals surface area contributed by atoms with Gasteiger partial charge in [-0.05, 0) is 38.5 Å². The van der Waals surface area contributed by atoms with Crippen molar-refractivity contribution in [1.82, 2.24) is 5.32 Å². The summed E-state index contributed by atoms with van der Waals surface area (Å²) >= 11 is 0. The molecule has 0 aromatic carbocycles. The first kappa shape index (κ1) is 29.1. The van der Waals surface area contributed by atoms with Crippen LogP contribution in [0.2, 0.25) is 0 Å². The highest BCUT2D eigenvalue weighted by molar-refractivity contribution is 5.68. The van der Waals surface area contributed by atoms with Crippen molar-refractivity contribution >= 4 is 6.09 Å². The smallest absolute Gasteiger partial charge is 0.407 e. The van der Waals surface area contributed by atoms with Crippen molar-refractivity contribution in [3.63, 3.8) is 0 Å². The maximum Gasteiger partial charge on any atom is 0.407 e. The van der Waals surface area contributed by atoms with Crippen LogP contribution in [0, 0.1) is 5.92 Å². The lowest BCUT2D eigenvalue weighted by Gasteiger charge is -2.29. The summed E-state index contributed by atoms with van der Waals surface area (Å²) in [5.74, 6) is 0.839. The quantitative estimate of drug-likeness (QED) is 0.231. The number of rotatable bonds is 20. The van der Waals surface area contributed by atoms with E-state index < -0.39 is 18.8 Å². The maximum absolute atomic E-state index is 11.8. The van der Waals surface area contributed by atoms with E-state index in [-0.39, 0.29) is 12.1 Å². The largest absolute Gasteiger partial charge is 0.447 e. The Kier molecular flexibility index (Phi) is 18.3. The van der Waals surface area contributed by atoms with Gasteiger partial charge in [-0.1, -0.05) is 72.1 Å². The number of aliphatic hydroxyl groups excluding tert-OH is 2. The van der Waals surface area contributed by atoms with Gasteiger partial charge < -0.3 is 25.0 Å². The van der Waals surface area contributed by atoms with Crippen molar-refractivity contribution < 1.29 is 24.5 Å². The number of ether oxygens (including phenoxy) is 2. The second-order valence-electron chi connectivity index (χ2n) is 9.20. The molecule has 0 heterocycles. The fourth-order valence-corrected chi connectivity index (χ4v) is 3.32. The van der Waals surface area contributed by atoms with Gasteiger partial charge in [0.1, 0.15) is 12.7 Å². The Morgan fingerprint density at radius 3 is 2.10 bits per heavy atom. The van der Waals surface area contributed by atoms with Crippen molar-refractivity contribution in [1.29, 1.82) is 0 Å². The summed E-state index contributed by atoms with van der Waals surface area (Å²) in [4.78, 5) is 11.8. The monoisotopic (exact) mass is 431 g/mol. The van der Waals surface area contributed by atoms with E-state index in [1.54, 1.807) is 0 Å². The number of carbonyl (C=O) groups is 1. The molecule has 2 atom stereocenters. The number of aliphatic hydroxyl groups is 2. The highest BCUT2D eigenvalue weighted by Crippen LogP contribution is 2.17. The Bertz CT molecular complexity index is 405. The molecule has 0 rings (SSSR count). The fraction of sp³-hybridized carbons (Fsp3) is 0.958. The molecule has 3 N–H and O–H groups in total. The minimum absolute atomic E-state index is 0.205. The maximum atomic E-state index is 11.8. The van der Waals surface area contributed by atoms with Crippen molar-refractivity contribution in [2.75, 3.05) is 26.4 Å². The Hall–Kier alpha value is -0.850. The number of hydrogen-bond acceptors (Lipinski definition) is 5. The summed E-state index contributed by atoms with van der Waals surface area (Å²) in [6.07, 6.45) is 12.7. The molecule has 0 radical (unpaired) electrons. The summed E-state index contributed by atoms with van der Waals surface area (Å²) in [7, 11) is 0. The number of carbonyl (C=O) groups excluding carboxylic acids is 1. The number of hydrogen-bond donors (Lipinski definition) is 3. The van der Waals surface area contributed by atoms with Gasteiger partial charge in [0.15, 0.2) is 0 Å². The SMILES string of the molecule is CCC(C)(CCCOCCCCCCCCCCC(C)C)NC(=O)OCC(O)CO. The first-order chi connectivity index (χ1) is 14.3. The fourth-order valence-electron chi connectivity index (χ4n) is 3.32. The van der Waals surface area contributed by atoms with Crippen LogP contribution in [0.15, 0.2) is 0 Å². The first-order valence-electron chi connectivity index (χ1n) is 12.1. The zero-order chi connectivity index (χ0) is 22.7. The molecule has 0 aromatic heterocycles. The summed E-state index contributed by atoms with van der Waals surface area (Å²) < 4.78 is 10.7. The van der Waals surface area contributed by atoms with E-state index in [0.29, 0.717) is 6.61 Å². The minimum atomic E-state index is -1.04. The normalized spacial score (nSPS) is 14.5. The topological polar surface area (TPSA) is 88.0 Å². The highest BCUT2D eigenvalue weighted by Gasteiger charge is 2.24. The molecule has 0 saturated carbocycles. The van der Waals surface area contributed by atoms with Gasteiger partial charge in [0.25, 0.3) is 0 Å². The molecule has 0 spiro atoms. The summed E-state index contributed by atoms with van der Waals surface area (Å²) in [6.45, 7) is 9.49. The van der Waals surface area contributed by atoms with Gasteiger partial charge in [-0.25, -0.2) is 4.79 Å². The lowest BCUT2D eigenvalue weighted by atomic mass is 9.93. The summed E-state index contributed by atoms with van der Waals surface area (Å²) in [6, 6.07) is 0. The molecule has 6 heteroatoms. The molecule has 1 amide bonds. The molecule has 0 bridgehead atoms. The van der Waals surface area contributed by atoms with Gasteiger partial charge in [-0.15, -0.1) is 0 Å². The third-order valence-electron chi connectivity index (χ3n) is 5.64. The number of nitrogens with one attached hydrogen (secondary N) is 1. The zero-order valence-electron chi connectivity index (χ0n) is 20.1. The lowest BCUT2D eigenvalue weighted by Crippen LogP contribution is -2.46. The number of unbranched alkanes of at least 4 members (excludes halogenated alkanes) is 7. The van der Waals surface area contributed by atoms with Crippen LogP contribution in [-0.2, 0) is 9.47 Å². The average Bonchev–Trinajstić information content (AvgIpc) is 2.71. The minimum Gasteiger partial charge on any atom is -0.447 e. The van der Waals surface area contributed by atoms with E-state index in [1.807, 2.05) is 13.8 Å². The van der Waals surface area contributed by atoms with Crippen molar-refractivity contribution in [3.8, 4) is 0 Å². The molecule has 180 valence electrons. The van der Waals surface area contributed by atoms with E-state index in [0.717, 1.165) is 38.2 Å². The van der Waals surface area contributed by atoms with E-state index in [9.17, 15) is 9.90 Å².